The van der Waals surface area contributed by atoms with E-state index in [0.717, 1.165) is 5.56 Å². The maximum atomic E-state index is 12.5. The third kappa shape index (κ3) is 4.26. The van der Waals surface area contributed by atoms with Crippen LogP contribution in [-0.4, -0.2) is 40.8 Å². The molecule has 0 bridgehead atoms. The van der Waals surface area contributed by atoms with Gasteiger partial charge in [0.2, 0.25) is 0 Å². The van der Waals surface area contributed by atoms with Crippen molar-refractivity contribution in [2.24, 2.45) is 5.41 Å². The highest BCUT2D eigenvalue weighted by atomic mass is 35.5. The summed E-state index contributed by atoms with van der Waals surface area (Å²) in [6.45, 7) is 7.87. The van der Waals surface area contributed by atoms with Crippen molar-refractivity contribution in [2.45, 2.75) is 52.1 Å². The highest BCUT2D eigenvalue weighted by Gasteiger charge is 2.49. The minimum absolute atomic E-state index is 0.257. The van der Waals surface area contributed by atoms with Gasteiger partial charge in [0.1, 0.15) is 5.60 Å². The SMILES string of the molecule is CC[C@]1(C(=O)O)CCN(C(=O)OC(C)(C)C)C[C@@H]1c1ccc(Cl)c(Cl)c1. The van der Waals surface area contributed by atoms with Crippen LogP contribution in [0.3, 0.4) is 0 Å². The lowest BCUT2D eigenvalue weighted by molar-refractivity contribution is -0.154. The minimum Gasteiger partial charge on any atom is -0.481 e. The Bertz CT molecular complexity index is 701. The van der Waals surface area contributed by atoms with Crippen LogP contribution in [0.5, 0.6) is 0 Å². The zero-order valence-electron chi connectivity index (χ0n) is 15.5. The Morgan fingerprint density at radius 3 is 2.46 bits per heavy atom. The zero-order valence-corrected chi connectivity index (χ0v) is 17.0. The monoisotopic (exact) mass is 401 g/mol. The van der Waals surface area contributed by atoms with Crippen LogP contribution < -0.4 is 0 Å². The van der Waals surface area contributed by atoms with Crippen LogP contribution in [0.4, 0.5) is 4.79 Å². The summed E-state index contributed by atoms with van der Waals surface area (Å²) < 4.78 is 5.46. The Balaban J connectivity index is 2.39. The molecule has 1 aliphatic heterocycles. The molecule has 0 unspecified atom stereocenters. The van der Waals surface area contributed by atoms with Crippen LogP contribution in [0.25, 0.3) is 0 Å². The van der Waals surface area contributed by atoms with Crippen molar-refractivity contribution in [1.29, 1.82) is 0 Å². The number of carbonyl (C=O) groups excluding carboxylic acids is 1. The van der Waals surface area contributed by atoms with Crippen molar-refractivity contribution in [3.63, 3.8) is 0 Å². The summed E-state index contributed by atoms with van der Waals surface area (Å²) in [7, 11) is 0. The predicted octanol–water partition coefficient (Wildman–Crippen LogP) is 5.20. The Morgan fingerprint density at radius 1 is 1.31 bits per heavy atom. The molecule has 5 nitrogen and oxygen atoms in total. The molecule has 1 aromatic carbocycles. The van der Waals surface area contributed by atoms with Crippen LogP contribution in [0.15, 0.2) is 18.2 Å². The van der Waals surface area contributed by atoms with E-state index in [2.05, 4.69) is 0 Å². The van der Waals surface area contributed by atoms with Gasteiger partial charge in [-0.3, -0.25) is 4.79 Å². The molecule has 1 saturated heterocycles. The summed E-state index contributed by atoms with van der Waals surface area (Å²) in [4.78, 5) is 26.2. The molecule has 1 aromatic rings. The van der Waals surface area contributed by atoms with E-state index in [-0.39, 0.29) is 6.54 Å². The summed E-state index contributed by atoms with van der Waals surface area (Å²) >= 11 is 12.2. The van der Waals surface area contributed by atoms with Gasteiger partial charge in [-0.15, -0.1) is 0 Å². The summed E-state index contributed by atoms with van der Waals surface area (Å²) in [6.07, 6.45) is 0.371. The number of aliphatic carboxylic acids is 1. The van der Waals surface area contributed by atoms with E-state index in [9.17, 15) is 14.7 Å². The second-order valence-electron chi connectivity index (χ2n) is 7.72. The van der Waals surface area contributed by atoms with Gasteiger partial charge in [0.05, 0.1) is 15.5 Å². The van der Waals surface area contributed by atoms with E-state index in [1.165, 1.54) is 0 Å². The quantitative estimate of drug-likeness (QED) is 0.755. The van der Waals surface area contributed by atoms with Crippen molar-refractivity contribution in [1.82, 2.24) is 4.90 Å². The fourth-order valence-corrected chi connectivity index (χ4v) is 3.78. The predicted molar refractivity (Wildman–Crippen MR) is 102 cm³/mol. The molecule has 1 N–H and O–H groups in total. The maximum absolute atomic E-state index is 12.5. The van der Waals surface area contributed by atoms with Gasteiger partial charge in [-0.1, -0.05) is 36.2 Å². The number of likely N-dealkylation sites (tertiary alicyclic amines) is 1. The number of piperidine rings is 1. The number of amides is 1. The lowest BCUT2D eigenvalue weighted by atomic mass is 9.66. The van der Waals surface area contributed by atoms with Crippen LogP contribution >= 0.6 is 23.2 Å². The van der Waals surface area contributed by atoms with Gasteiger partial charge in [0.25, 0.3) is 0 Å². The Morgan fingerprint density at radius 2 is 1.96 bits per heavy atom. The van der Waals surface area contributed by atoms with Gasteiger partial charge in [0.15, 0.2) is 0 Å². The molecule has 0 spiro atoms. The number of benzene rings is 1. The van der Waals surface area contributed by atoms with E-state index in [0.29, 0.717) is 29.4 Å². The molecule has 0 saturated carbocycles. The van der Waals surface area contributed by atoms with E-state index in [4.69, 9.17) is 27.9 Å². The standard InChI is InChI=1S/C19H25Cl2NO4/c1-5-19(16(23)24)8-9-22(17(25)26-18(2,3)4)11-13(19)12-6-7-14(20)15(21)10-12/h6-7,10,13H,5,8-9,11H2,1-4H3,(H,23,24)/t13-,19+/m1/s1. The second kappa shape index (κ2) is 7.65. The summed E-state index contributed by atoms with van der Waals surface area (Å²) in [5.41, 5.74) is -0.810. The molecular weight excluding hydrogens is 377 g/mol. The average Bonchev–Trinajstić information content (AvgIpc) is 2.55. The van der Waals surface area contributed by atoms with Crippen LogP contribution in [0.1, 0.15) is 52.0 Å². The van der Waals surface area contributed by atoms with Crippen molar-refractivity contribution in [2.75, 3.05) is 13.1 Å². The lowest BCUT2D eigenvalue weighted by Crippen LogP contribution is -2.52. The number of halogens is 2. The Kier molecular flexibility index (Phi) is 6.13. The molecule has 0 aliphatic carbocycles. The number of hydrogen-bond donors (Lipinski definition) is 1. The smallest absolute Gasteiger partial charge is 0.410 e. The number of ether oxygens (including phenoxy) is 1. The highest BCUT2D eigenvalue weighted by molar-refractivity contribution is 6.42. The largest absolute Gasteiger partial charge is 0.481 e. The molecule has 1 aliphatic rings. The van der Waals surface area contributed by atoms with Crippen LogP contribution in [0.2, 0.25) is 10.0 Å². The number of carboxylic acids is 1. The molecule has 1 amide bonds. The third-order valence-electron chi connectivity index (χ3n) is 4.95. The maximum Gasteiger partial charge on any atom is 0.410 e. The van der Waals surface area contributed by atoms with Gasteiger partial charge < -0.3 is 14.7 Å². The summed E-state index contributed by atoms with van der Waals surface area (Å²) in [5.74, 6) is -1.26. The highest BCUT2D eigenvalue weighted by Crippen LogP contribution is 2.47. The number of carboxylic acid groups (broad SMARTS) is 1. The first-order chi connectivity index (χ1) is 12.0. The molecule has 0 radical (unpaired) electrons. The van der Waals surface area contributed by atoms with E-state index in [1.807, 2.05) is 6.92 Å². The van der Waals surface area contributed by atoms with Crippen molar-refractivity contribution < 1.29 is 19.4 Å². The van der Waals surface area contributed by atoms with Crippen LogP contribution in [-0.2, 0) is 9.53 Å². The van der Waals surface area contributed by atoms with Crippen molar-refractivity contribution in [3.8, 4) is 0 Å². The van der Waals surface area contributed by atoms with E-state index >= 15 is 0 Å². The van der Waals surface area contributed by atoms with Gasteiger partial charge >= 0.3 is 12.1 Å². The van der Waals surface area contributed by atoms with Gasteiger partial charge in [-0.05, 0) is 51.3 Å². The van der Waals surface area contributed by atoms with Gasteiger partial charge in [-0.25, -0.2) is 4.79 Å². The Labute approximate surface area is 164 Å². The number of rotatable bonds is 3. The fourth-order valence-electron chi connectivity index (χ4n) is 3.47. The van der Waals surface area contributed by atoms with Crippen molar-refractivity contribution >= 4 is 35.3 Å². The molecule has 1 heterocycles. The normalized spacial score (nSPS) is 23.6. The molecule has 26 heavy (non-hydrogen) atoms. The summed E-state index contributed by atoms with van der Waals surface area (Å²) in [6, 6.07) is 5.14. The molecular formula is C19H25Cl2NO4. The minimum atomic E-state index is -0.963. The molecule has 2 atom stereocenters. The first-order valence-corrected chi connectivity index (χ1v) is 9.42. The molecule has 2 rings (SSSR count). The van der Waals surface area contributed by atoms with Gasteiger partial charge in [-0.2, -0.15) is 0 Å². The van der Waals surface area contributed by atoms with Crippen LogP contribution in [0, 0.1) is 5.41 Å². The summed E-state index contributed by atoms with van der Waals surface area (Å²) in [5, 5.41) is 10.7. The second-order valence-corrected chi connectivity index (χ2v) is 8.53. The molecule has 0 aromatic heterocycles. The zero-order chi connectivity index (χ0) is 19.7. The lowest BCUT2D eigenvalue weighted by Gasteiger charge is -2.45. The third-order valence-corrected chi connectivity index (χ3v) is 5.69. The van der Waals surface area contributed by atoms with E-state index < -0.39 is 29.0 Å². The number of hydrogen-bond acceptors (Lipinski definition) is 3. The molecule has 144 valence electrons. The van der Waals surface area contributed by atoms with E-state index in [1.54, 1.807) is 43.9 Å². The molecule has 7 heteroatoms. The topological polar surface area (TPSA) is 66.8 Å². The number of carbonyl (C=O) groups is 2. The fraction of sp³-hybridized carbons (Fsp3) is 0.579. The first-order valence-electron chi connectivity index (χ1n) is 8.66. The van der Waals surface area contributed by atoms with Crippen molar-refractivity contribution in [3.05, 3.63) is 33.8 Å². The molecule has 1 fully saturated rings. The number of nitrogens with zero attached hydrogens (tertiary/aromatic N) is 1. The van der Waals surface area contributed by atoms with Gasteiger partial charge in [0, 0.05) is 19.0 Å². The average molecular weight is 402 g/mol. The first kappa shape index (κ1) is 20.8. The Hall–Kier alpha value is -1.46.